The van der Waals surface area contributed by atoms with Gasteiger partial charge in [-0.25, -0.2) is 9.97 Å². The Balaban J connectivity index is 1.35. The normalized spacial score (nSPS) is 24.6. The fourth-order valence-electron chi connectivity index (χ4n) is 4.93. The van der Waals surface area contributed by atoms with E-state index in [-0.39, 0.29) is 22.1 Å². The zero-order chi connectivity index (χ0) is 23.5. The Morgan fingerprint density at radius 2 is 1.97 bits per heavy atom. The van der Waals surface area contributed by atoms with E-state index < -0.39 is 5.91 Å². The third-order valence-corrected chi connectivity index (χ3v) is 7.36. The van der Waals surface area contributed by atoms with Crippen LogP contribution in [0.4, 0.5) is 5.82 Å². The molecule has 3 aliphatic rings. The van der Waals surface area contributed by atoms with Crippen molar-refractivity contribution in [3.63, 3.8) is 0 Å². The maximum atomic E-state index is 12.8. The number of rotatable bonds is 5. The van der Waals surface area contributed by atoms with Crippen LogP contribution >= 0.6 is 23.2 Å². The highest BCUT2D eigenvalue weighted by Gasteiger charge is 2.35. The molecule has 2 aliphatic heterocycles. The molecule has 4 rings (SSSR count). The van der Waals surface area contributed by atoms with E-state index in [1.165, 1.54) is 6.20 Å². The maximum absolute atomic E-state index is 12.8. The maximum Gasteiger partial charge on any atom is 0.268 e. The molecule has 3 heterocycles. The first-order valence-electron chi connectivity index (χ1n) is 11.5. The summed E-state index contributed by atoms with van der Waals surface area (Å²) < 4.78 is 0. The van der Waals surface area contributed by atoms with Crippen LogP contribution in [0.25, 0.3) is 0 Å². The highest BCUT2D eigenvalue weighted by atomic mass is 35.5. The number of likely N-dealkylation sites (tertiary alicyclic amines) is 1. The molecule has 0 saturated carbocycles. The molecule has 0 bridgehead atoms. The first-order valence-corrected chi connectivity index (χ1v) is 12.3. The molecular weight excluding hydrogens is 463 g/mol. The van der Waals surface area contributed by atoms with Crippen molar-refractivity contribution in [2.24, 2.45) is 5.73 Å². The fraction of sp³-hybridized carbons (Fsp3) is 0.565. The summed E-state index contributed by atoms with van der Waals surface area (Å²) in [6, 6.07) is 0.798. The quantitative estimate of drug-likeness (QED) is 0.634. The Kier molecular flexibility index (Phi) is 7.56. The van der Waals surface area contributed by atoms with E-state index >= 15 is 0 Å². The van der Waals surface area contributed by atoms with Crippen LogP contribution in [0.15, 0.2) is 30.0 Å². The van der Waals surface area contributed by atoms with Crippen molar-refractivity contribution in [2.75, 3.05) is 37.6 Å². The van der Waals surface area contributed by atoms with Gasteiger partial charge < -0.3 is 15.5 Å². The number of hydrogen-bond acceptors (Lipinski definition) is 6. The molecule has 0 aromatic carbocycles. The number of halogens is 2. The summed E-state index contributed by atoms with van der Waals surface area (Å²) in [4.78, 5) is 39.3. The van der Waals surface area contributed by atoms with Crippen LogP contribution in [-0.4, -0.2) is 81.8 Å². The van der Waals surface area contributed by atoms with Crippen molar-refractivity contribution < 1.29 is 9.59 Å². The van der Waals surface area contributed by atoms with Gasteiger partial charge in [0.2, 0.25) is 0 Å². The van der Waals surface area contributed by atoms with Crippen LogP contribution in [0.3, 0.4) is 0 Å². The van der Waals surface area contributed by atoms with Crippen molar-refractivity contribution in [3.05, 3.63) is 40.8 Å². The molecule has 2 amide bonds. The largest absolute Gasteiger partial charge is 0.364 e. The van der Waals surface area contributed by atoms with Crippen LogP contribution in [0.2, 0.25) is 5.15 Å². The molecule has 0 spiro atoms. The topological polar surface area (TPSA) is 95.7 Å². The number of primary amides is 1. The molecule has 178 valence electrons. The van der Waals surface area contributed by atoms with Gasteiger partial charge in [0.1, 0.15) is 5.69 Å². The molecule has 1 aromatic rings. The zero-order valence-electron chi connectivity index (χ0n) is 18.8. The summed E-state index contributed by atoms with van der Waals surface area (Å²) in [5, 5.41) is 0.187. The van der Waals surface area contributed by atoms with Crippen LogP contribution in [-0.2, 0) is 4.79 Å². The summed E-state index contributed by atoms with van der Waals surface area (Å²) in [5.74, 6) is 0.0574. The molecule has 1 aliphatic carbocycles. The Labute approximate surface area is 204 Å². The van der Waals surface area contributed by atoms with Crippen molar-refractivity contribution in [1.82, 2.24) is 19.8 Å². The van der Waals surface area contributed by atoms with Gasteiger partial charge in [0.25, 0.3) is 11.8 Å². The van der Waals surface area contributed by atoms with E-state index in [4.69, 9.17) is 28.9 Å². The average Bonchev–Trinajstić information content (AvgIpc) is 2.83. The fourth-order valence-corrected chi connectivity index (χ4v) is 5.35. The van der Waals surface area contributed by atoms with Gasteiger partial charge in [0.15, 0.2) is 11.0 Å². The van der Waals surface area contributed by atoms with Crippen molar-refractivity contribution in [3.8, 4) is 0 Å². The highest BCUT2D eigenvalue weighted by molar-refractivity contribution is 6.31. The minimum atomic E-state index is -0.643. The number of piperazine rings is 1. The van der Waals surface area contributed by atoms with Crippen LogP contribution in [0.1, 0.15) is 43.1 Å². The lowest BCUT2D eigenvalue weighted by atomic mass is 9.97. The summed E-state index contributed by atoms with van der Waals surface area (Å²) in [6.45, 7) is 6.17. The van der Waals surface area contributed by atoms with Gasteiger partial charge in [0, 0.05) is 50.4 Å². The molecule has 1 unspecified atom stereocenters. The molecule has 1 aromatic heterocycles. The number of amides is 2. The number of allylic oxidation sites excluding steroid dienone is 2. The molecule has 0 radical (unpaired) electrons. The molecular formula is C23H30Cl2N6O2. The standard InChI is InChI=1S/C23H30Cl2N6O2/c1-2-17-14-30(22-20(25)28-19(13-27-22)21(26)32)11-12-31(17)18-7-9-29(10-8-18)23(33)15-3-5-16(24)6-4-15/h3-5,13,16-18H,2,6-12,14H2,1H3,(H2,26,32)/t16?,17-/m0/s1. The summed E-state index contributed by atoms with van der Waals surface area (Å²) in [5.41, 5.74) is 6.10. The monoisotopic (exact) mass is 492 g/mol. The van der Waals surface area contributed by atoms with Crippen LogP contribution in [0, 0.1) is 0 Å². The molecule has 8 nitrogen and oxygen atoms in total. The third-order valence-electron chi connectivity index (χ3n) is 6.78. The minimum absolute atomic E-state index is 0.0149. The molecule has 33 heavy (non-hydrogen) atoms. The Morgan fingerprint density at radius 1 is 1.21 bits per heavy atom. The molecule has 10 heteroatoms. The molecule has 2 atom stereocenters. The van der Waals surface area contributed by atoms with E-state index in [1.807, 2.05) is 23.1 Å². The van der Waals surface area contributed by atoms with Crippen LogP contribution in [0.5, 0.6) is 0 Å². The van der Waals surface area contributed by atoms with Gasteiger partial charge >= 0.3 is 0 Å². The minimum Gasteiger partial charge on any atom is -0.364 e. The first-order chi connectivity index (χ1) is 15.9. The predicted octanol–water partition coefficient (Wildman–Crippen LogP) is 2.61. The van der Waals surface area contributed by atoms with E-state index in [2.05, 4.69) is 26.7 Å². The second-order valence-corrected chi connectivity index (χ2v) is 9.69. The number of piperidine rings is 1. The third kappa shape index (κ3) is 5.34. The number of aromatic nitrogens is 2. The molecule has 2 N–H and O–H groups in total. The van der Waals surface area contributed by atoms with Gasteiger partial charge in [-0.15, -0.1) is 11.6 Å². The second kappa shape index (κ2) is 10.4. The zero-order valence-corrected chi connectivity index (χ0v) is 20.3. The number of anilines is 1. The number of hydrogen-bond donors (Lipinski definition) is 1. The Bertz CT molecular complexity index is 960. The summed E-state index contributed by atoms with van der Waals surface area (Å²) >= 11 is 12.4. The first kappa shape index (κ1) is 24.0. The SMILES string of the molecule is CC[C@H]1CN(c2ncc(C(N)=O)nc2Cl)CCN1C1CCN(C(=O)C2=CCC(Cl)C=C2)CC1. The Morgan fingerprint density at radius 3 is 2.58 bits per heavy atom. The van der Waals surface area contributed by atoms with E-state index in [0.29, 0.717) is 24.3 Å². The van der Waals surface area contributed by atoms with Gasteiger partial charge in [-0.05, 0) is 25.7 Å². The predicted molar refractivity (Wildman–Crippen MR) is 130 cm³/mol. The van der Waals surface area contributed by atoms with Crippen molar-refractivity contribution in [1.29, 1.82) is 0 Å². The molecule has 2 saturated heterocycles. The van der Waals surface area contributed by atoms with Crippen molar-refractivity contribution in [2.45, 2.75) is 50.1 Å². The lowest BCUT2D eigenvalue weighted by Crippen LogP contribution is -2.58. The van der Waals surface area contributed by atoms with Gasteiger partial charge in [-0.3, -0.25) is 14.5 Å². The van der Waals surface area contributed by atoms with Gasteiger partial charge in [-0.2, -0.15) is 0 Å². The summed E-state index contributed by atoms with van der Waals surface area (Å²) in [7, 11) is 0. The van der Waals surface area contributed by atoms with Crippen LogP contribution < -0.4 is 10.6 Å². The Hall–Kier alpha value is -2.16. The number of alkyl halides is 1. The number of nitrogens with two attached hydrogens (primary N) is 1. The lowest BCUT2D eigenvalue weighted by Gasteiger charge is -2.47. The van der Waals surface area contributed by atoms with E-state index in [9.17, 15) is 9.59 Å². The number of carbonyl (C=O) groups is 2. The lowest BCUT2D eigenvalue weighted by molar-refractivity contribution is -0.128. The second-order valence-electron chi connectivity index (χ2n) is 8.77. The smallest absolute Gasteiger partial charge is 0.268 e. The van der Waals surface area contributed by atoms with E-state index in [1.54, 1.807) is 0 Å². The highest BCUT2D eigenvalue weighted by Crippen LogP contribution is 2.29. The van der Waals surface area contributed by atoms with Crippen molar-refractivity contribution >= 4 is 40.8 Å². The van der Waals surface area contributed by atoms with Gasteiger partial charge in [0.05, 0.1) is 11.6 Å². The number of nitrogens with zero attached hydrogens (tertiary/aromatic N) is 5. The molecule has 2 fully saturated rings. The number of carbonyl (C=O) groups excluding carboxylic acids is 2. The summed E-state index contributed by atoms with van der Waals surface area (Å²) in [6.07, 6.45) is 10.7. The van der Waals surface area contributed by atoms with Gasteiger partial charge in [-0.1, -0.05) is 36.8 Å². The average molecular weight is 493 g/mol. The van der Waals surface area contributed by atoms with E-state index in [0.717, 1.165) is 57.6 Å².